The first-order valence-electron chi connectivity index (χ1n) is 6.28. The average Bonchev–Trinajstić information content (AvgIpc) is 2.37. The van der Waals surface area contributed by atoms with Crippen molar-refractivity contribution in [1.29, 1.82) is 0 Å². The fourth-order valence-electron chi connectivity index (χ4n) is 1.98. The highest BCUT2D eigenvalue weighted by Crippen LogP contribution is 2.37. The van der Waals surface area contributed by atoms with Gasteiger partial charge in [-0.15, -0.1) is 0 Å². The first-order chi connectivity index (χ1) is 9.81. The molecule has 2 aromatic rings. The zero-order valence-corrected chi connectivity index (χ0v) is 12.7. The number of nitrogens with one attached hydrogen (secondary N) is 1. The van der Waals surface area contributed by atoms with Crippen molar-refractivity contribution in [2.24, 2.45) is 0 Å². The SMILES string of the molecule is CCCc1cc(=O)[nH]c(-c2ccc(Br)cc2C(F)(F)F)n1. The minimum atomic E-state index is -4.53. The maximum Gasteiger partial charge on any atom is 0.417 e. The van der Waals surface area contributed by atoms with E-state index in [9.17, 15) is 18.0 Å². The Morgan fingerprint density at radius 1 is 1.29 bits per heavy atom. The largest absolute Gasteiger partial charge is 0.417 e. The molecular formula is C14H12BrF3N2O. The molecule has 0 fully saturated rings. The number of aromatic amines is 1. The molecule has 1 N–H and O–H groups in total. The monoisotopic (exact) mass is 360 g/mol. The summed E-state index contributed by atoms with van der Waals surface area (Å²) in [5, 5.41) is 0. The van der Waals surface area contributed by atoms with Crippen LogP contribution in [-0.2, 0) is 12.6 Å². The van der Waals surface area contributed by atoms with Crippen LogP contribution in [0.1, 0.15) is 24.6 Å². The number of benzene rings is 1. The minimum Gasteiger partial charge on any atom is -0.307 e. The second-order valence-electron chi connectivity index (χ2n) is 4.52. The van der Waals surface area contributed by atoms with Crippen molar-refractivity contribution in [3.05, 3.63) is 50.3 Å². The van der Waals surface area contributed by atoms with Gasteiger partial charge in [0.25, 0.3) is 5.56 Å². The second-order valence-corrected chi connectivity index (χ2v) is 5.44. The molecule has 0 atom stereocenters. The van der Waals surface area contributed by atoms with Crippen LogP contribution >= 0.6 is 15.9 Å². The average molecular weight is 361 g/mol. The molecular weight excluding hydrogens is 349 g/mol. The highest BCUT2D eigenvalue weighted by Gasteiger charge is 2.34. The lowest BCUT2D eigenvalue weighted by molar-refractivity contribution is -0.137. The van der Waals surface area contributed by atoms with Gasteiger partial charge in [-0.3, -0.25) is 4.79 Å². The van der Waals surface area contributed by atoms with E-state index in [-0.39, 0.29) is 11.4 Å². The molecule has 0 saturated carbocycles. The predicted molar refractivity (Wildman–Crippen MR) is 77.0 cm³/mol. The lowest BCUT2D eigenvalue weighted by atomic mass is 10.1. The number of H-pyrrole nitrogens is 1. The number of rotatable bonds is 3. The van der Waals surface area contributed by atoms with Gasteiger partial charge < -0.3 is 4.98 Å². The van der Waals surface area contributed by atoms with E-state index in [0.29, 0.717) is 16.6 Å². The third kappa shape index (κ3) is 3.72. The molecule has 0 unspecified atom stereocenters. The Morgan fingerprint density at radius 2 is 2.00 bits per heavy atom. The number of halogens is 4. The Morgan fingerprint density at radius 3 is 2.62 bits per heavy atom. The highest BCUT2D eigenvalue weighted by atomic mass is 79.9. The summed E-state index contributed by atoms with van der Waals surface area (Å²) in [5.74, 6) is -0.0641. The first kappa shape index (κ1) is 15.8. The van der Waals surface area contributed by atoms with Crippen LogP contribution in [0.25, 0.3) is 11.4 Å². The van der Waals surface area contributed by atoms with Gasteiger partial charge in [0.1, 0.15) is 5.82 Å². The van der Waals surface area contributed by atoms with Crippen LogP contribution in [0.4, 0.5) is 13.2 Å². The normalized spacial score (nSPS) is 11.7. The summed E-state index contributed by atoms with van der Waals surface area (Å²) in [6.45, 7) is 1.91. The molecule has 112 valence electrons. The van der Waals surface area contributed by atoms with Crippen LogP contribution < -0.4 is 5.56 Å². The Hall–Kier alpha value is -1.63. The summed E-state index contributed by atoms with van der Waals surface area (Å²) >= 11 is 3.02. The Kier molecular flexibility index (Phi) is 4.51. The zero-order chi connectivity index (χ0) is 15.6. The van der Waals surface area contributed by atoms with Crippen LogP contribution in [0.15, 0.2) is 33.5 Å². The standard InChI is InChI=1S/C14H12BrF3N2O/c1-2-3-9-7-12(21)20-13(19-9)10-5-4-8(15)6-11(10)14(16,17)18/h4-7H,2-3H2,1H3,(H,19,20,21). The van der Waals surface area contributed by atoms with Gasteiger partial charge in [-0.1, -0.05) is 29.3 Å². The van der Waals surface area contributed by atoms with Crippen LogP contribution in [-0.4, -0.2) is 9.97 Å². The molecule has 21 heavy (non-hydrogen) atoms. The molecule has 0 radical (unpaired) electrons. The third-order valence-electron chi connectivity index (χ3n) is 2.84. The second kappa shape index (κ2) is 6.01. The van der Waals surface area contributed by atoms with Crippen molar-refractivity contribution < 1.29 is 13.2 Å². The van der Waals surface area contributed by atoms with Crippen LogP contribution in [0, 0.1) is 0 Å². The van der Waals surface area contributed by atoms with Crippen LogP contribution in [0.3, 0.4) is 0 Å². The molecule has 0 amide bonds. The molecule has 3 nitrogen and oxygen atoms in total. The van der Waals surface area contributed by atoms with Crippen molar-refractivity contribution in [1.82, 2.24) is 9.97 Å². The van der Waals surface area contributed by atoms with E-state index >= 15 is 0 Å². The van der Waals surface area contributed by atoms with Crippen molar-refractivity contribution in [3.63, 3.8) is 0 Å². The lowest BCUT2D eigenvalue weighted by Gasteiger charge is -2.13. The maximum absolute atomic E-state index is 13.1. The predicted octanol–water partition coefficient (Wildman–Crippen LogP) is 4.17. The van der Waals surface area contributed by atoms with Crippen LogP contribution in [0.2, 0.25) is 0 Å². The smallest absolute Gasteiger partial charge is 0.307 e. The van der Waals surface area contributed by atoms with Crippen molar-refractivity contribution in [2.75, 3.05) is 0 Å². The number of alkyl halides is 3. The van der Waals surface area contributed by atoms with Gasteiger partial charge in [0, 0.05) is 21.8 Å². The molecule has 0 spiro atoms. The topological polar surface area (TPSA) is 45.8 Å². The van der Waals surface area contributed by atoms with Gasteiger partial charge in [0.15, 0.2) is 0 Å². The number of aryl methyl sites for hydroxylation is 1. The summed E-state index contributed by atoms with van der Waals surface area (Å²) in [6, 6.07) is 5.05. The van der Waals surface area contributed by atoms with E-state index in [4.69, 9.17) is 0 Å². The van der Waals surface area contributed by atoms with Gasteiger partial charge in [-0.25, -0.2) is 4.98 Å². The molecule has 0 aliphatic carbocycles. The van der Waals surface area contributed by atoms with Crippen molar-refractivity contribution in [2.45, 2.75) is 25.9 Å². The van der Waals surface area contributed by atoms with Crippen molar-refractivity contribution >= 4 is 15.9 Å². The Balaban J connectivity index is 2.64. The number of hydrogen-bond donors (Lipinski definition) is 1. The minimum absolute atomic E-state index is 0.0641. The van der Waals surface area contributed by atoms with Gasteiger partial charge in [-0.2, -0.15) is 13.2 Å². The molecule has 0 aliphatic heterocycles. The number of nitrogens with zero attached hydrogens (tertiary/aromatic N) is 1. The number of hydrogen-bond acceptors (Lipinski definition) is 2. The van der Waals surface area contributed by atoms with Gasteiger partial charge >= 0.3 is 6.18 Å². The molecule has 1 heterocycles. The third-order valence-corrected chi connectivity index (χ3v) is 3.34. The summed E-state index contributed by atoms with van der Waals surface area (Å²) in [6.07, 6.45) is -3.24. The Bertz CT molecular complexity index is 710. The van der Waals surface area contributed by atoms with E-state index in [1.165, 1.54) is 18.2 Å². The van der Waals surface area contributed by atoms with E-state index in [2.05, 4.69) is 25.9 Å². The summed E-state index contributed by atoms with van der Waals surface area (Å²) in [7, 11) is 0. The van der Waals surface area contributed by atoms with E-state index in [1.807, 2.05) is 6.92 Å². The number of aromatic nitrogens is 2. The van der Waals surface area contributed by atoms with Gasteiger partial charge in [-0.05, 0) is 24.6 Å². The Labute approximate surface area is 127 Å². The molecule has 0 saturated heterocycles. The molecule has 1 aromatic heterocycles. The summed E-state index contributed by atoms with van der Waals surface area (Å²) in [5.41, 5.74) is -0.957. The molecule has 2 rings (SSSR count). The first-order valence-corrected chi connectivity index (χ1v) is 7.08. The van der Waals surface area contributed by atoms with Crippen molar-refractivity contribution in [3.8, 4) is 11.4 Å². The molecule has 0 bridgehead atoms. The molecule has 1 aromatic carbocycles. The van der Waals surface area contributed by atoms with E-state index in [0.717, 1.165) is 12.5 Å². The maximum atomic E-state index is 13.1. The fraction of sp³-hybridized carbons (Fsp3) is 0.286. The van der Waals surface area contributed by atoms with Crippen LogP contribution in [0.5, 0.6) is 0 Å². The molecule has 0 aliphatic rings. The summed E-state index contributed by atoms with van der Waals surface area (Å²) < 4.78 is 39.7. The summed E-state index contributed by atoms with van der Waals surface area (Å²) in [4.78, 5) is 18.1. The fourth-order valence-corrected chi connectivity index (χ4v) is 2.34. The van der Waals surface area contributed by atoms with E-state index in [1.54, 1.807) is 0 Å². The van der Waals surface area contributed by atoms with E-state index < -0.39 is 17.3 Å². The quantitative estimate of drug-likeness (QED) is 0.892. The highest BCUT2D eigenvalue weighted by molar-refractivity contribution is 9.10. The van der Waals surface area contributed by atoms with Gasteiger partial charge in [0.05, 0.1) is 5.56 Å². The lowest BCUT2D eigenvalue weighted by Crippen LogP contribution is -2.13. The molecule has 7 heteroatoms. The van der Waals surface area contributed by atoms with Gasteiger partial charge in [0.2, 0.25) is 0 Å². The zero-order valence-electron chi connectivity index (χ0n) is 11.1.